The van der Waals surface area contributed by atoms with Crippen molar-refractivity contribution in [3.05, 3.63) is 48.5 Å². The summed E-state index contributed by atoms with van der Waals surface area (Å²) in [6.07, 6.45) is 7.61. The number of halogens is 3. The SMILES string of the molecule is CCCC[Si](C)(C1=[C]([Ti+3])CC=C1C(C)CC)c1c(C)c(C)c(C)c(C)c1C.[Cl-].[Cl-].[Cl-]. The Kier molecular flexibility index (Phi) is 14.5. The largest absolute Gasteiger partial charge is 1.00 e. The van der Waals surface area contributed by atoms with Gasteiger partial charge in [0.25, 0.3) is 0 Å². The Labute approximate surface area is 217 Å². The normalized spacial score (nSPS) is 16.2. The average molecular weight is 522 g/mol. The summed E-state index contributed by atoms with van der Waals surface area (Å²) in [5, 5.41) is 3.56. The van der Waals surface area contributed by atoms with Gasteiger partial charge in [-0.15, -0.1) is 0 Å². The summed E-state index contributed by atoms with van der Waals surface area (Å²) in [6, 6.07) is 1.38. The topological polar surface area (TPSA) is 0 Å². The molecule has 0 heterocycles. The van der Waals surface area contributed by atoms with Crippen molar-refractivity contribution in [2.45, 2.75) is 93.7 Å². The molecule has 0 radical (unpaired) electrons. The fourth-order valence-electron chi connectivity index (χ4n) is 5.14. The first-order chi connectivity index (χ1) is 12.6. The van der Waals surface area contributed by atoms with Crippen molar-refractivity contribution in [2.75, 3.05) is 0 Å². The van der Waals surface area contributed by atoms with E-state index < -0.39 is 8.07 Å². The van der Waals surface area contributed by atoms with Crippen molar-refractivity contribution < 1.29 is 57.7 Å². The van der Waals surface area contributed by atoms with Crippen molar-refractivity contribution in [3.8, 4) is 0 Å². The molecule has 0 spiro atoms. The molecule has 0 bridgehead atoms. The van der Waals surface area contributed by atoms with Crippen LogP contribution in [0.25, 0.3) is 0 Å². The van der Waals surface area contributed by atoms with Gasteiger partial charge in [-0.05, 0) is 0 Å². The van der Waals surface area contributed by atoms with Gasteiger partial charge >= 0.3 is 182 Å². The molecule has 2 unspecified atom stereocenters. The zero-order valence-electron chi connectivity index (χ0n) is 20.3. The maximum absolute atomic E-state index is 2.69. The summed E-state index contributed by atoms with van der Waals surface area (Å²) in [6.45, 7) is 21.6. The van der Waals surface area contributed by atoms with Crippen molar-refractivity contribution in [3.63, 3.8) is 0 Å². The van der Waals surface area contributed by atoms with Crippen molar-refractivity contribution in [2.24, 2.45) is 5.92 Å². The Morgan fingerprint density at radius 1 is 0.900 bits per heavy atom. The number of hydrogen-bond acceptors (Lipinski definition) is 0. The summed E-state index contributed by atoms with van der Waals surface area (Å²) in [5.41, 5.74) is 9.39. The minimum absolute atomic E-state index is 0. The quantitative estimate of drug-likeness (QED) is 0.366. The molecule has 0 N–H and O–H groups in total. The maximum atomic E-state index is 2.69. The van der Waals surface area contributed by atoms with Gasteiger partial charge in [0.15, 0.2) is 0 Å². The third-order valence-electron chi connectivity index (χ3n) is 7.39. The summed E-state index contributed by atoms with van der Waals surface area (Å²) >= 11 is 2.41. The van der Waals surface area contributed by atoms with Crippen LogP contribution in [0.4, 0.5) is 0 Å². The number of hydrogen-bond donors (Lipinski definition) is 0. The molecular formula is C25H39Cl3SiTi. The molecule has 5 heteroatoms. The van der Waals surface area contributed by atoms with Crippen LogP contribution in [0.5, 0.6) is 0 Å². The van der Waals surface area contributed by atoms with Crippen molar-refractivity contribution in [1.82, 2.24) is 0 Å². The van der Waals surface area contributed by atoms with E-state index in [-0.39, 0.29) is 37.2 Å². The van der Waals surface area contributed by atoms with Gasteiger partial charge in [-0.2, -0.15) is 0 Å². The average Bonchev–Trinajstić information content (AvgIpc) is 3.04. The number of allylic oxidation sites excluding steroid dienone is 4. The van der Waals surface area contributed by atoms with Gasteiger partial charge in [-0.3, -0.25) is 0 Å². The first kappa shape index (κ1) is 32.7. The van der Waals surface area contributed by atoms with Crippen LogP contribution in [0.3, 0.4) is 0 Å². The Hall–Kier alpha value is 0.501. The molecule has 0 fully saturated rings. The van der Waals surface area contributed by atoms with E-state index in [4.69, 9.17) is 0 Å². The van der Waals surface area contributed by atoms with Gasteiger partial charge in [0.2, 0.25) is 0 Å². The molecule has 168 valence electrons. The molecule has 0 aliphatic heterocycles. The molecule has 2 atom stereocenters. The van der Waals surface area contributed by atoms with Crippen LogP contribution in [0, 0.1) is 40.5 Å². The fraction of sp³-hybridized carbons (Fsp3) is 0.600. The van der Waals surface area contributed by atoms with Crippen molar-refractivity contribution >= 4 is 13.3 Å². The van der Waals surface area contributed by atoms with E-state index in [1.807, 2.05) is 0 Å². The summed E-state index contributed by atoms with van der Waals surface area (Å²) in [7, 11) is -1.78. The summed E-state index contributed by atoms with van der Waals surface area (Å²) < 4.78 is 1.66. The Morgan fingerprint density at radius 3 is 1.80 bits per heavy atom. The molecule has 2 rings (SSSR count). The predicted octanol–water partition coefficient (Wildman–Crippen LogP) is -1.96. The monoisotopic (exact) mass is 520 g/mol. The number of benzene rings is 1. The second-order valence-electron chi connectivity index (χ2n) is 8.96. The number of unbranched alkanes of at least 4 members (excludes halogenated alkanes) is 1. The predicted molar refractivity (Wildman–Crippen MR) is 120 cm³/mol. The van der Waals surface area contributed by atoms with Gasteiger partial charge in [0, 0.05) is 0 Å². The maximum Gasteiger partial charge on any atom is -1.00 e. The van der Waals surface area contributed by atoms with Crippen LogP contribution in [0.1, 0.15) is 74.3 Å². The van der Waals surface area contributed by atoms with Crippen LogP contribution in [-0.2, 0) is 20.4 Å². The van der Waals surface area contributed by atoms with Gasteiger partial charge < -0.3 is 37.2 Å². The molecule has 0 aromatic heterocycles. The first-order valence-electron chi connectivity index (χ1n) is 10.8. The van der Waals surface area contributed by atoms with Crippen LogP contribution >= 0.6 is 0 Å². The van der Waals surface area contributed by atoms with E-state index in [9.17, 15) is 0 Å². The molecule has 30 heavy (non-hydrogen) atoms. The smallest absolute Gasteiger partial charge is 1.00 e. The fourth-order valence-corrected chi connectivity index (χ4v) is 12.4. The zero-order valence-corrected chi connectivity index (χ0v) is 25.2. The van der Waals surface area contributed by atoms with Crippen LogP contribution < -0.4 is 42.4 Å². The third-order valence-corrected chi connectivity index (χ3v) is 13.4. The van der Waals surface area contributed by atoms with Gasteiger partial charge in [-0.1, -0.05) is 0 Å². The Balaban J connectivity index is 0. The molecule has 1 aromatic carbocycles. The third kappa shape index (κ3) is 5.89. The molecular weight excluding hydrogens is 483 g/mol. The van der Waals surface area contributed by atoms with E-state index in [2.05, 4.69) is 88.4 Å². The second-order valence-corrected chi connectivity index (χ2v) is 14.1. The van der Waals surface area contributed by atoms with Crippen LogP contribution in [0.15, 0.2) is 20.7 Å². The Bertz CT molecular complexity index is 769. The molecule has 1 aromatic rings. The van der Waals surface area contributed by atoms with Gasteiger partial charge in [0.1, 0.15) is 0 Å². The molecule has 0 amide bonds. The molecule has 1 aliphatic rings. The summed E-state index contributed by atoms with van der Waals surface area (Å²) in [5.74, 6) is 0.680. The van der Waals surface area contributed by atoms with E-state index in [1.54, 1.807) is 31.0 Å². The standard InChI is InChI=1S/C25H39Si.3ClH.Ti/c1-10-12-16-26(9,24-15-13-14-23(24)17(3)11-2)25-21(7)19(5)18(4)20(6)22(25)8;;;;/h14,17H,10-13,16H2,1-9H3;3*1H;/q;;;;+3/p-3. The van der Waals surface area contributed by atoms with Crippen LogP contribution in [-0.4, -0.2) is 8.07 Å². The molecule has 0 nitrogen and oxygen atoms in total. The van der Waals surface area contributed by atoms with E-state index >= 15 is 0 Å². The van der Waals surface area contributed by atoms with E-state index in [0.29, 0.717) is 5.92 Å². The summed E-state index contributed by atoms with van der Waals surface area (Å²) in [4.78, 5) is 0. The zero-order chi connectivity index (χ0) is 20.5. The van der Waals surface area contributed by atoms with E-state index in [0.717, 1.165) is 0 Å². The van der Waals surface area contributed by atoms with Gasteiger partial charge in [-0.25, -0.2) is 0 Å². The second kappa shape index (κ2) is 13.3. The van der Waals surface area contributed by atoms with Crippen molar-refractivity contribution in [1.29, 1.82) is 0 Å². The molecule has 0 saturated heterocycles. The Morgan fingerprint density at radius 2 is 1.37 bits per heavy atom. The van der Waals surface area contributed by atoms with E-state index in [1.165, 1.54) is 48.4 Å². The van der Waals surface area contributed by atoms with Crippen LogP contribution in [0.2, 0.25) is 12.6 Å². The minimum atomic E-state index is -1.78. The number of rotatable bonds is 7. The van der Waals surface area contributed by atoms with Gasteiger partial charge in [0.05, 0.1) is 0 Å². The molecule has 1 aliphatic carbocycles. The molecule has 0 saturated carbocycles. The first-order valence-corrected chi connectivity index (χ1v) is 14.3. The minimum Gasteiger partial charge on any atom is -1.00 e.